The highest BCUT2D eigenvalue weighted by Gasteiger charge is 2.38. The molecule has 1 fully saturated rings. The predicted octanol–water partition coefficient (Wildman–Crippen LogP) is 2.00. The fraction of sp³-hybridized carbons (Fsp3) is 0.556. The van der Waals surface area contributed by atoms with Crippen molar-refractivity contribution in [3.8, 4) is 0 Å². The van der Waals surface area contributed by atoms with Crippen LogP contribution in [0.3, 0.4) is 0 Å². The van der Waals surface area contributed by atoms with Crippen LogP contribution in [-0.2, 0) is 19.7 Å². The number of hydrogen-bond donors (Lipinski definition) is 1. The van der Waals surface area contributed by atoms with Crippen LogP contribution in [0, 0.1) is 5.82 Å². The number of aliphatic carboxylic acids is 1. The van der Waals surface area contributed by atoms with Crippen LogP contribution < -0.4 is 0 Å². The zero-order valence-corrected chi connectivity index (χ0v) is 15.9. The van der Waals surface area contributed by atoms with Crippen LogP contribution in [0.4, 0.5) is 4.39 Å². The van der Waals surface area contributed by atoms with Crippen LogP contribution in [0.2, 0.25) is 5.02 Å². The smallest absolute Gasteiger partial charge is 0.317 e. The van der Waals surface area contributed by atoms with Gasteiger partial charge in [0.25, 0.3) is 0 Å². The van der Waals surface area contributed by atoms with E-state index in [0.717, 1.165) is 0 Å². The maximum Gasteiger partial charge on any atom is 0.317 e. The molecule has 1 aliphatic heterocycles. The summed E-state index contributed by atoms with van der Waals surface area (Å²) in [7, 11) is 1.69. The summed E-state index contributed by atoms with van der Waals surface area (Å²) in [6, 6.07) is 4.31. The molecule has 0 saturated carbocycles. The highest BCUT2D eigenvalue weighted by molar-refractivity contribution is 6.30. The summed E-state index contributed by atoms with van der Waals surface area (Å²) < 4.78 is 20.0. The lowest BCUT2D eigenvalue weighted by Crippen LogP contribution is -2.53. The first-order chi connectivity index (χ1) is 12.1. The van der Waals surface area contributed by atoms with E-state index in [-0.39, 0.29) is 29.1 Å². The van der Waals surface area contributed by atoms with Crippen LogP contribution in [0.25, 0.3) is 0 Å². The monoisotopic (exact) mass is 386 g/mol. The molecule has 1 heterocycles. The largest absolute Gasteiger partial charge is 0.480 e. The molecule has 1 aliphatic rings. The SMILES string of the molecule is CN(CC(=O)O)CC1CN(C(=O)C(C)(C)c2ccc(Cl)cc2F)CCO1. The van der Waals surface area contributed by atoms with Gasteiger partial charge in [-0.15, -0.1) is 0 Å². The minimum Gasteiger partial charge on any atom is -0.480 e. The number of carboxylic acids is 1. The number of ether oxygens (including phenoxy) is 1. The molecule has 0 spiro atoms. The molecule has 1 N–H and O–H groups in total. The van der Waals surface area contributed by atoms with Crippen molar-refractivity contribution >= 4 is 23.5 Å². The highest BCUT2D eigenvalue weighted by Crippen LogP contribution is 2.30. The van der Waals surface area contributed by atoms with E-state index in [0.29, 0.717) is 26.2 Å². The lowest BCUT2D eigenvalue weighted by atomic mass is 9.82. The summed E-state index contributed by atoms with van der Waals surface area (Å²) in [6.45, 7) is 4.76. The van der Waals surface area contributed by atoms with E-state index in [1.807, 2.05) is 0 Å². The van der Waals surface area contributed by atoms with Crippen LogP contribution in [-0.4, -0.2) is 72.7 Å². The zero-order chi connectivity index (χ0) is 19.5. The molecule has 1 saturated heterocycles. The van der Waals surface area contributed by atoms with E-state index in [9.17, 15) is 14.0 Å². The maximum atomic E-state index is 14.3. The number of amides is 1. The highest BCUT2D eigenvalue weighted by atomic mass is 35.5. The number of carbonyl (C=O) groups excluding carboxylic acids is 1. The van der Waals surface area contributed by atoms with Gasteiger partial charge in [0, 0.05) is 30.2 Å². The quantitative estimate of drug-likeness (QED) is 0.809. The fourth-order valence-corrected chi connectivity index (χ4v) is 3.32. The predicted molar refractivity (Wildman–Crippen MR) is 95.9 cm³/mol. The zero-order valence-electron chi connectivity index (χ0n) is 15.2. The summed E-state index contributed by atoms with van der Waals surface area (Å²) in [5.41, 5.74) is -0.762. The Morgan fingerprint density at radius 3 is 2.77 bits per heavy atom. The third kappa shape index (κ3) is 4.93. The number of likely N-dealkylation sites (N-methyl/N-ethyl adjacent to an activating group) is 1. The first-order valence-electron chi connectivity index (χ1n) is 8.38. The van der Waals surface area contributed by atoms with Gasteiger partial charge in [-0.3, -0.25) is 14.5 Å². The van der Waals surface area contributed by atoms with Gasteiger partial charge in [0.2, 0.25) is 5.91 Å². The van der Waals surface area contributed by atoms with Gasteiger partial charge in [0.05, 0.1) is 24.7 Å². The number of benzene rings is 1. The standard InChI is InChI=1S/C18H24ClFN2O4/c1-18(2,14-5-4-12(19)8-15(14)20)17(25)22-6-7-26-13(10-22)9-21(3)11-16(23)24/h4-5,8,13H,6-7,9-11H2,1-3H3,(H,23,24). The number of hydrogen-bond acceptors (Lipinski definition) is 4. The lowest BCUT2D eigenvalue weighted by Gasteiger charge is -2.38. The van der Waals surface area contributed by atoms with Gasteiger partial charge >= 0.3 is 5.97 Å². The molecule has 8 heteroatoms. The Morgan fingerprint density at radius 2 is 2.15 bits per heavy atom. The topological polar surface area (TPSA) is 70.1 Å². The molecule has 0 aliphatic carbocycles. The minimum atomic E-state index is -1.05. The first kappa shape index (κ1) is 20.6. The van der Waals surface area contributed by atoms with Gasteiger partial charge < -0.3 is 14.7 Å². The normalized spacial score (nSPS) is 18.2. The van der Waals surface area contributed by atoms with Crippen molar-refractivity contribution in [1.29, 1.82) is 0 Å². The van der Waals surface area contributed by atoms with Gasteiger partial charge in [-0.2, -0.15) is 0 Å². The van der Waals surface area contributed by atoms with E-state index < -0.39 is 17.2 Å². The lowest BCUT2D eigenvalue weighted by molar-refractivity contribution is -0.146. The van der Waals surface area contributed by atoms with Gasteiger partial charge in [-0.25, -0.2) is 4.39 Å². The van der Waals surface area contributed by atoms with E-state index in [1.54, 1.807) is 36.8 Å². The number of morpholine rings is 1. The molecule has 0 bridgehead atoms. The van der Waals surface area contributed by atoms with Crippen LogP contribution in [0.1, 0.15) is 19.4 Å². The van der Waals surface area contributed by atoms with E-state index >= 15 is 0 Å². The van der Waals surface area contributed by atoms with Crippen molar-refractivity contribution in [3.05, 3.63) is 34.6 Å². The maximum absolute atomic E-state index is 14.3. The van der Waals surface area contributed by atoms with Crippen molar-refractivity contribution in [2.45, 2.75) is 25.4 Å². The average molecular weight is 387 g/mol. The number of carboxylic acid groups (broad SMARTS) is 1. The number of rotatable bonds is 6. The summed E-state index contributed by atoms with van der Waals surface area (Å²) in [4.78, 5) is 27.1. The molecule has 1 unspecified atom stereocenters. The first-order valence-corrected chi connectivity index (χ1v) is 8.76. The molecule has 0 radical (unpaired) electrons. The summed E-state index contributed by atoms with van der Waals surface area (Å²) in [6.07, 6.45) is -0.289. The Kier molecular flexibility index (Phi) is 6.60. The second kappa shape index (κ2) is 8.33. The fourth-order valence-electron chi connectivity index (χ4n) is 3.16. The van der Waals surface area contributed by atoms with Crippen molar-refractivity contribution < 1.29 is 23.8 Å². The molecule has 1 aromatic carbocycles. The van der Waals surface area contributed by atoms with Crippen LogP contribution in [0.15, 0.2) is 18.2 Å². The minimum absolute atomic E-state index is 0.102. The molecule has 1 aromatic rings. The summed E-state index contributed by atoms with van der Waals surface area (Å²) in [5.74, 6) is -1.63. The van der Waals surface area contributed by atoms with Crippen LogP contribution >= 0.6 is 11.6 Å². The third-order valence-corrected chi connectivity index (χ3v) is 4.72. The third-order valence-electron chi connectivity index (χ3n) is 4.49. The molecule has 0 aromatic heterocycles. The Morgan fingerprint density at radius 1 is 1.46 bits per heavy atom. The Labute approximate surface area is 157 Å². The number of carbonyl (C=O) groups is 2. The summed E-state index contributed by atoms with van der Waals surface area (Å²) in [5, 5.41) is 9.12. The molecule has 1 atom stereocenters. The second-order valence-corrected chi connectivity index (χ2v) is 7.52. The number of nitrogens with zero attached hydrogens (tertiary/aromatic N) is 2. The van der Waals surface area contributed by atoms with Crippen molar-refractivity contribution in [2.75, 3.05) is 39.8 Å². The molecular formula is C18H24ClFN2O4. The Hall–Kier alpha value is -1.70. The number of halogens is 2. The second-order valence-electron chi connectivity index (χ2n) is 7.08. The van der Waals surface area contributed by atoms with Crippen molar-refractivity contribution in [1.82, 2.24) is 9.80 Å². The molecule has 26 heavy (non-hydrogen) atoms. The Balaban J connectivity index is 2.08. The summed E-state index contributed by atoms with van der Waals surface area (Å²) >= 11 is 5.80. The van der Waals surface area contributed by atoms with Gasteiger partial charge in [-0.1, -0.05) is 17.7 Å². The molecule has 1 amide bonds. The Bertz CT molecular complexity index is 683. The van der Waals surface area contributed by atoms with E-state index in [2.05, 4.69) is 0 Å². The molecule has 144 valence electrons. The van der Waals surface area contributed by atoms with Crippen molar-refractivity contribution in [3.63, 3.8) is 0 Å². The van der Waals surface area contributed by atoms with E-state index in [1.165, 1.54) is 12.1 Å². The van der Waals surface area contributed by atoms with Crippen molar-refractivity contribution in [2.24, 2.45) is 0 Å². The van der Waals surface area contributed by atoms with Gasteiger partial charge in [0.15, 0.2) is 0 Å². The molecule has 6 nitrogen and oxygen atoms in total. The van der Waals surface area contributed by atoms with Gasteiger partial charge in [-0.05, 0) is 33.0 Å². The molecular weight excluding hydrogens is 363 g/mol. The van der Waals surface area contributed by atoms with Crippen LogP contribution in [0.5, 0.6) is 0 Å². The van der Waals surface area contributed by atoms with E-state index in [4.69, 9.17) is 21.4 Å². The average Bonchev–Trinajstić information content (AvgIpc) is 2.53. The van der Waals surface area contributed by atoms with Gasteiger partial charge in [0.1, 0.15) is 5.82 Å². The molecule has 2 rings (SSSR count).